The summed E-state index contributed by atoms with van der Waals surface area (Å²) >= 11 is 0. The highest BCUT2D eigenvalue weighted by Gasteiger charge is 2.29. The molecule has 1 aliphatic rings. The molecular weight excluding hydrogens is 444 g/mol. The number of carboxylic acids is 1. The van der Waals surface area contributed by atoms with Gasteiger partial charge in [-0.1, -0.05) is 6.07 Å². The van der Waals surface area contributed by atoms with Crippen molar-refractivity contribution in [1.29, 1.82) is 0 Å². The van der Waals surface area contributed by atoms with E-state index in [4.69, 9.17) is 4.74 Å². The second-order valence-corrected chi connectivity index (χ2v) is 10.0. The van der Waals surface area contributed by atoms with Crippen LogP contribution < -0.4 is 9.62 Å². The molecule has 2 aromatic carbocycles. The summed E-state index contributed by atoms with van der Waals surface area (Å²) in [6.07, 6.45) is 1.41. The quantitative estimate of drug-likeness (QED) is 0.585. The third-order valence-electron chi connectivity index (χ3n) is 5.94. The van der Waals surface area contributed by atoms with E-state index in [1.807, 2.05) is 24.8 Å². The Kier molecular flexibility index (Phi) is 7.31. The molecule has 0 radical (unpaired) electrons. The minimum absolute atomic E-state index is 0.0310. The van der Waals surface area contributed by atoms with Crippen LogP contribution >= 0.6 is 0 Å². The smallest absolute Gasteiger partial charge is 0.337 e. The van der Waals surface area contributed by atoms with Crippen molar-refractivity contribution in [3.63, 3.8) is 0 Å². The summed E-state index contributed by atoms with van der Waals surface area (Å²) < 4.78 is 33.7. The fourth-order valence-electron chi connectivity index (χ4n) is 4.13. The maximum atomic E-state index is 13.0. The molecule has 178 valence electrons. The largest absolute Gasteiger partial charge is 0.478 e. The molecule has 1 saturated heterocycles. The van der Waals surface area contributed by atoms with Crippen molar-refractivity contribution < 1.29 is 27.9 Å². The van der Waals surface area contributed by atoms with E-state index in [2.05, 4.69) is 4.72 Å². The van der Waals surface area contributed by atoms with E-state index < -0.39 is 16.0 Å². The fourth-order valence-corrected chi connectivity index (χ4v) is 5.49. The molecule has 1 aliphatic heterocycles. The van der Waals surface area contributed by atoms with Gasteiger partial charge in [-0.2, -0.15) is 0 Å². The second-order valence-electron chi connectivity index (χ2n) is 8.38. The summed E-state index contributed by atoms with van der Waals surface area (Å²) in [6.45, 7) is 8.48. The van der Waals surface area contributed by atoms with Crippen molar-refractivity contribution in [1.82, 2.24) is 0 Å². The molecular formula is C24H30N2O6S. The SMILES string of the molecule is CCOC(=O)[C@@H]1CCCN(c2ccc(NS(=O)(=O)c3cc(C)c(C)cc3C)cc2C(=O)O)C1. The van der Waals surface area contributed by atoms with Crippen LogP contribution in [0.2, 0.25) is 0 Å². The molecule has 9 heteroatoms. The van der Waals surface area contributed by atoms with E-state index in [1.165, 1.54) is 6.07 Å². The summed E-state index contributed by atoms with van der Waals surface area (Å²) in [7, 11) is -3.91. The van der Waals surface area contributed by atoms with Crippen molar-refractivity contribution in [3.8, 4) is 0 Å². The van der Waals surface area contributed by atoms with Crippen LogP contribution in [-0.4, -0.2) is 45.2 Å². The van der Waals surface area contributed by atoms with Crippen molar-refractivity contribution >= 4 is 33.3 Å². The van der Waals surface area contributed by atoms with Gasteiger partial charge in [-0.3, -0.25) is 9.52 Å². The number of hydrogen-bond acceptors (Lipinski definition) is 6. The molecule has 2 aromatic rings. The Morgan fingerprint density at radius 2 is 1.82 bits per heavy atom. The Balaban J connectivity index is 1.90. The number of carbonyl (C=O) groups excluding carboxylic acids is 1. The Morgan fingerprint density at radius 1 is 1.12 bits per heavy atom. The first kappa shape index (κ1) is 24.6. The van der Waals surface area contributed by atoms with Gasteiger partial charge in [0.15, 0.2) is 0 Å². The Hall–Kier alpha value is -3.07. The second kappa shape index (κ2) is 9.82. The number of aromatic carboxylic acids is 1. The maximum Gasteiger partial charge on any atom is 0.337 e. The standard InChI is InChI=1S/C24H30N2O6S/c1-5-32-24(29)18-7-6-10-26(14-18)21-9-8-19(13-20(21)23(27)28)25-33(30,31)22-12-16(3)15(2)11-17(22)4/h8-9,11-13,18,25H,5-7,10,14H2,1-4H3,(H,27,28)/t18-/m1/s1. The minimum Gasteiger partial charge on any atom is -0.478 e. The predicted molar refractivity (Wildman–Crippen MR) is 126 cm³/mol. The normalized spacial score (nSPS) is 16.4. The van der Waals surface area contributed by atoms with Gasteiger partial charge in [0, 0.05) is 18.8 Å². The topological polar surface area (TPSA) is 113 Å². The molecule has 1 fully saturated rings. The molecule has 0 spiro atoms. The molecule has 33 heavy (non-hydrogen) atoms. The van der Waals surface area contributed by atoms with E-state index in [0.29, 0.717) is 37.4 Å². The molecule has 8 nitrogen and oxygen atoms in total. The minimum atomic E-state index is -3.91. The first-order valence-electron chi connectivity index (χ1n) is 10.9. The highest BCUT2D eigenvalue weighted by Crippen LogP contribution is 2.31. The number of nitrogens with zero attached hydrogens (tertiary/aromatic N) is 1. The lowest BCUT2D eigenvalue weighted by molar-refractivity contribution is -0.148. The summed E-state index contributed by atoms with van der Waals surface area (Å²) in [4.78, 5) is 26.2. The number of esters is 1. The van der Waals surface area contributed by atoms with Gasteiger partial charge in [0.2, 0.25) is 0 Å². The molecule has 3 rings (SSSR count). The first-order valence-corrected chi connectivity index (χ1v) is 12.4. The lowest BCUT2D eigenvalue weighted by Gasteiger charge is -2.34. The van der Waals surface area contributed by atoms with Gasteiger partial charge in [-0.25, -0.2) is 13.2 Å². The number of anilines is 2. The third-order valence-corrected chi connectivity index (χ3v) is 7.47. The number of benzene rings is 2. The van der Waals surface area contributed by atoms with Gasteiger partial charge in [-0.15, -0.1) is 0 Å². The highest BCUT2D eigenvalue weighted by molar-refractivity contribution is 7.92. The number of carbonyl (C=O) groups is 2. The van der Waals surface area contributed by atoms with Gasteiger partial charge < -0.3 is 14.7 Å². The van der Waals surface area contributed by atoms with Crippen LogP contribution in [0.15, 0.2) is 35.2 Å². The van der Waals surface area contributed by atoms with E-state index in [9.17, 15) is 23.1 Å². The van der Waals surface area contributed by atoms with E-state index in [0.717, 1.165) is 17.5 Å². The van der Waals surface area contributed by atoms with Crippen LogP contribution in [0, 0.1) is 26.7 Å². The van der Waals surface area contributed by atoms with E-state index >= 15 is 0 Å². The van der Waals surface area contributed by atoms with Crippen LogP contribution in [0.5, 0.6) is 0 Å². The maximum absolute atomic E-state index is 13.0. The van der Waals surface area contributed by atoms with Crippen molar-refractivity contribution in [2.24, 2.45) is 5.92 Å². The lowest BCUT2D eigenvalue weighted by atomic mass is 9.97. The van der Waals surface area contributed by atoms with Crippen LogP contribution in [0.1, 0.15) is 46.8 Å². The average molecular weight is 475 g/mol. The summed E-state index contributed by atoms with van der Waals surface area (Å²) in [6, 6.07) is 7.88. The summed E-state index contributed by atoms with van der Waals surface area (Å²) in [5.41, 5.74) is 3.03. The van der Waals surface area contributed by atoms with Gasteiger partial charge >= 0.3 is 11.9 Å². The Bertz CT molecular complexity index is 1180. The zero-order valence-corrected chi connectivity index (χ0v) is 20.2. The highest BCUT2D eigenvalue weighted by atomic mass is 32.2. The molecule has 0 saturated carbocycles. The summed E-state index contributed by atoms with van der Waals surface area (Å²) in [5.74, 6) is -1.79. The first-order chi connectivity index (χ1) is 15.5. The van der Waals surface area contributed by atoms with Crippen LogP contribution in [0.4, 0.5) is 11.4 Å². The van der Waals surface area contributed by atoms with Gasteiger partial charge in [0.1, 0.15) is 0 Å². The molecule has 0 amide bonds. The monoisotopic (exact) mass is 474 g/mol. The molecule has 0 bridgehead atoms. The van der Waals surface area contributed by atoms with Crippen LogP contribution in [0.3, 0.4) is 0 Å². The lowest BCUT2D eigenvalue weighted by Crippen LogP contribution is -2.40. The molecule has 1 heterocycles. The molecule has 0 unspecified atom stereocenters. The van der Waals surface area contributed by atoms with Gasteiger partial charge in [-0.05, 0) is 81.5 Å². The number of piperidine rings is 1. The van der Waals surface area contributed by atoms with Gasteiger partial charge in [0.05, 0.1) is 28.7 Å². The number of sulfonamides is 1. The number of carboxylic acid groups (broad SMARTS) is 1. The zero-order chi connectivity index (χ0) is 24.3. The summed E-state index contributed by atoms with van der Waals surface area (Å²) in [5, 5.41) is 9.81. The van der Waals surface area contributed by atoms with Gasteiger partial charge in [0.25, 0.3) is 10.0 Å². The van der Waals surface area contributed by atoms with Crippen LogP contribution in [-0.2, 0) is 19.6 Å². The zero-order valence-electron chi connectivity index (χ0n) is 19.3. The average Bonchev–Trinajstić information content (AvgIpc) is 2.76. The molecule has 0 aliphatic carbocycles. The number of ether oxygens (including phenoxy) is 1. The number of aryl methyl sites for hydroxylation is 3. The Labute approximate surface area is 194 Å². The molecule has 2 N–H and O–H groups in total. The molecule has 0 aromatic heterocycles. The third kappa shape index (κ3) is 5.47. The van der Waals surface area contributed by atoms with E-state index in [1.54, 1.807) is 32.0 Å². The number of rotatable bonds is 7. The molecule has 1 atom stereocenters. The fraction of sp³-hybridized carbons (Fsp3) is 0.417. The van der Waals surface area contributed by atoms with Crippen molar-refractivity contribution in [2.75, 3.05) is 29.3 Å². The number of hydrogen-bond donors (Lipinski definition) is 2. The van der Waals surface area contributed by atoms with Crippen LogP contribution in [0.25, 0.3) is 0 Å². The Morgan fingerprint density at radius 3 is 2.48 bits per heavy atom. The van der Waals surface area contributed by atoms with Crippen molar-refractivity contribution in [2.45, 2.75) is 45.4 Å². The van der Waals surface area contributed by atoms with E-state index in [-0.39, 0.29) is 28.0 Å². The number of nitrogens with one attached hydrogen (secondary N) is 1. The van der Waals surface area contributed by atoms with Crippen molar-refractivity contribution in [3.05, 3.63) is 52.6 Å². The predicted octanol–water partition coefficient (Wildman–Crippen LogP) is 3.89.